The number of nitrogens with zero attached hydrogens (tertiary/aromatic N) is 4. The number of nitrogens with two attached hydrogens (primary N) is 1. The van der Waals surface area contributed by atoms with E-state index >= 15 is 0 Å². The van der Waals surface area contributed by atoms with Crippen LogP contribution in [0.5, 0.6) is 0 Å². The van der Waals surface area contributed by atoms with Crippen LogP contribution in [0.25, 0.3) is 0 Å². The Kier molecular flexibility index (Phi) is 4.28. The SMILES string of the molecule is Cc1cnc(N2CCN(CCCN)CC2)nc1. The maximum Gasteiger partial charge on any atom is 0.225 e. The molecule has 2 rings (SSSR count). The van der Waals surface area contributed by atoms with Crippen LogP contribution in [0.15, 0.2) is 12.4 Å². The summed E-state index contributed by atoms with van der Waals surface area (Å²) in [6.45, 7) is 8.07. The van der Waals surface area contributed by atoms with Gasteiger partial charge in [-0.05, 0) is 32.0 Å². The van der Waals surface area contributed by atoms with Crippen LogP contribution < -0.4 is 10.6 Å². The second-order valence-corrected chi connectivity index (χ2v) is 4.53. The third-order valence-electron chi connectivity index (χ3n) is 3.10. The largest absolute Gasteiger partial charge is 0.338 e. The van der Waals surface area contributed by atoms with E-state index < -0.39 is 0 Å². The van der Waals surface area contributed by atoms with E-state index in [1.165, 1.54) is 0 Å². The van der Waals surface area contributed by atoms with Gasteiger partial charge in [0.05, 0.1) is 0 Å². The molecule has 0 atom stereocenters. The van der Waals surface area contributed by atoms with Crippen molar-refractivity contribution in [3.63, 3.8) is 0 Å². The molecular weight excluding hydrogens is 214 g/mol. The van der Waals surface area contributed by atoms with Gasteiger partial charge in [-0.3, -0.25) is 4.90 Å². The molecule has 2 heterocycles. The van der Waals surface area contributed by atoms with Gasteiger partial charge in [-0.2, -0.15) is 0 Å². The fraction of sp³-hybridized carbons (Fsp3) is 0.667. The van der Waals surface area contributed by atoms with E-state index in [-0.39, 0.29) is 0 Å². The third kappa shape index (κ3) is 3.38. The zero-order valence-electron chi connectivity index (χ0n) is 10.5. The highest BCUT2D eigenvalue weighted by Gasteiger charge is 2.17. The van der Waals surface area contributed by atoms with Gasteiger partial charge in [-0.15, -0.1) is 0 Å². The van der Waals surface area contributed by atoms with Crippen LogP contribution in [0.3, 0.4) is 0 Å². The molecule has 0 radical (unpaired) electrons. The van der Waals surface area contributed by atoms with E-state index in [2.05, 4.69) is 19.8 Å². The van der Waals surface area contributed by atoms with Gasteiger partial charge in [0, 0.05) is 38.6 Å². The highest BCUT2D eigenvalue weighted by atomic mass is 15.3. The van der Waals surface area contributed by atoms with Crippen LogP contribution in [-0.2, 0) is 0 Å². The molecule has 0 aliphatic carbocycles. The highest BCUT2D eigenvalue weighted by Crippen LogP contribution is 2.10. The van der Waals surface area contributed by atoms with Crippen LogP contribution in [0.4, 0.5) is 5.95 Å². The van der Waals surface area contributed by atoms with Crippen molar-refractivity contribution in [2.75, 3.05) is 44.2 Å². The summed E-state index contributed by atoms with van der Waals surface area (Å²) in [6.07, 6.45) is 4.84. The zero-order valence-corrected chi connectivity index (χ0v) is 10.5. The average Bonchev–Trinajstić information content (AvgIpc) is 2.38. The Morgan fingerprint density at radius 1 is 1.18 bits per heavy atom. The van der Waals surface area contributed by atoms with Gasteiger partial charge in [-0.25, -0.2) is 9.97 Å². The summed E-state index contributed by atoms with van der Waals surface area (Å²) < 4.78 is 0. The van der Waals surface area contributed by atoms with Crippen LogP contribution in [0.1, 0.15) is 12.0 Å². The Hall–Kier alpha value is -1.20. The number of aromatic nitrogens is 2. The summed E-state index contributed by atoms with van der Waals surface area (Å²) in [5.74, 6) is 0.856. The summed E-state index contributed by atoms with van der Waals surface area (Å²) in [6, 6.07) is 0. The van der Waals surface area contributed by atoms with Crippen LogP contribution in [0, 0.1) is 6.92 Å². The van der Waals surface area contributed by atoms with E-state index in [0.717, 1.165) is 57.2 Å². The standard InChI is InChI=1S/C12H21N5/c1-11-9-14-12(15-10-11)17-7-5-16(6-8-17)4-2-3-13/h9-10H,2-8,13H2,1H3. The summed E-state index contributed by atoms with van der Waals surface area (Å²) in [5, 5.41) is 0. The average molecular weight is 235 g/mol. The molecule has 1 aliphatic heterocycles. The predicted octanol–water partition coefficient (Wildman–Crippen LogP) is 0.256. The molecule has 0 bridgehead atoms. The Morgan fingerprint density at radius 2 is 1.82 bits per heavy atom. The second-order valence-electron chi connectivity index (χ2n) is 4.53. The van der Waals surface area contributed by atoms with Crippen molar-refractivity contribution >= 4 is 5.95 Å². The molecule has 5 nitrogen and oxygen atoms in total. The second kappa shape index (κ2) is 5.93. The molecular formula is C12H21N5. The normalized spacial score (nSPS) is 17.4. The molecule has 0 amide bonds. The summed E-state index contributed by atoms with van der Waals surface area (Å²) in [4.78, 5) is 13.4. The fourth-order valence-electron chi connectivity index (χ4n) is 2.04. The first-order valence-corrected chi connectivity index (χ1v) is 6.25. The zero-order chi connectivity index (χ0) is 12.1. The smallest absolute Gasteiger partial charge is 0.225 e. The lowest BCUT2D eigenvalue weighted by atomic mass is 10.3. The lowest BCUT2D eigenvalue weighted by Gasteiger charge is -2.34. The molecule has 0 saturated carbocycles. The Bertz CT molecular complexity index is 329. The lowest BCUT2D eigenvalue weighted by molar-refractivity contribution is 0.255. The van der Waals surface area contributed by atoms with Crippen molar-refractivity contribution in [3.05, 3.63) is 18.0 Å². The van der Waals surface area contributed by atoms with Crippen molar-refractivity contribution in [2.45, 2.75) is 13.3 Å². The minimum atomic E-state index is 0.779. The molecule has 5 heteroatoms. The molecule has 1 fully saturated rings. The van der Waals surface area contributed by atoms with Gasteiger partial charge in [0.2, 0.25) is 5.95 Å². The van der Waals surface area contributed by atoms with E-state index in [0.29, 0.717) is 0 Å². The van der Waals surface area contributed by atoms with Gasteiger partial charge < -0.3 is 10.6 Å². The molecule has 0 unspecified atom stereocenters. The molecule has 1 aromatic heterocycles. The van der Waals surface area contributed by atoms with E-state index in [1.807, 2.05) is 19.3 Å². The topological polar surface area (TPSA) is 58.3 Å². The van der Waals surface area contributed by atoms with Crippen LogP contribution in [0.2, 0.25) is 0 Å². The van der Waals surface area contributed by atoms with Gasteiger partial charge in [0.1, 0.15) is 0 Å². The molecule has 1 aromatic rings. The first-order valence-electron chi connectivity index (χ1n) is 6.25. The van der Waals surface area contributed by atoms with Gasteiger partial charge >= 0.3 is 0 Å². The Balaban J connectivity index is 1.84. The molecule has 17 heavy (non-hydrogen) atoms. The Labute approximate surface area is 103 Å². The van der Waals surface area contributed by atoms with Gasteiger partial charge in [-0.1, -0.05) is 0 Å². The van der Waals surface area contributed by atoms with Crippen molar-refractivity contribution in [1.29, 1.82) is 0 Å². The number of aryl methyl sites for hydroxylation is 1. The first-order chi connectivity index (χ1) is 8.29. The maximum absolute atomic E-state index is 5.52. The van der Waals surface area contributed by atoms with Gasteiger partial charge in [0.25, 0.3) is 0 Å². The minimum absolute atomic E-state index is 0.779. The van der Waals surface area contributed by atoms with Crippen molar-refractivity contribution in [2.24, 2.45) is 5.73 Å². The molecule has 1 saturated heterocycles. The number of hydrogen-bond acceptors (Lipinski definition) is 5. The quantitative estimate of drug-likeness (QED) is 0.811. The molecule has 2 N–H and O–H groups in total. The molecule has 0 spiro atoms. The fourth-order valence-corrected chi connectivity index (χ4v) is 2.04. The Morgan fingerprint density at radius 3 is 2.41 bits per heavy atom. The summed E-state index contributed by atoms with van der Waals surface area (Å²) in [5.41, 5.74) is 6.63. The predicted molar refractivity (Wildman–Crippen MR) is 69.1 cm³/mol. The number of hydrogen-bond donors (Lipinski definition) is 1. The third-order valence-corrected chi connectivity index (χ3v) is 3.10. The first kappa shape index (κ1) is 12.3. The number of anilines is 1. The maximum atomic E-state index is 5.52. The van der Waals surface area contributed by atoms with Gasteiger partial charge in [0.15, 0.2) is 0 Å². The summed E-state index contributed by atoms with van der Waals surface area (Å²) in [7, 11) is 0. The molecule has 0 aromatic carbocycles. The van der Waals surface area contributed by atoms with E-state index in [4.69, 9.17) is 5.73 Å². The van der Waals surface area contributed by atoms with Crippen LogP contribution >= 0.6 is 0 Å². The van der Waals surface area contributed by atoms with Crippen molar-refractivity contribution < 1.29 is 0 Å². The lowest BCUT2D eigenvalue weighted by Crippen LogP contribution is -2.47. The molecule has 94 valence electrons. The van der Waals surface area contributed by atoms with E-state index in [1.54, 1.807) is 0 Å². The van der Waals surface area contributed by atoms with Crippen molar-refractivity contribution in [3.8, 4) is 0 Å². The number of rotatable bonds is 4. The summed E-state index contributed by atoms with van der Waals surface area (Å²) >= 11 is 0. The molecule has 1 aliphatic rings. The van der Waals surface area contributed by atoms with Crippen molar-refractivity contribution in [1.82, 2.24) is 14.9 Å². The van der Waals surface area contributed by atoms with E-state index in [9.17, 15) is 0 Å². The number of piperazine rings is 1. The monoisotopic (exact) mass is 235 g/mol. The minimum Gasteiger partial charge on any atom is -0.338 e. The highest BCUT2D eigenvalue weighted by molar-refractivity contribution is 5.30. The van der Waals surface area contributed by atoms with Crippen LogP contribution in [-0.4, -0.2) is 54.1 Å².